The van der Waals surface area contributed by atoms with Gasteiger partial charge in [-0.1, -0.05) is 11.6 Å². The summed E-state index contributed by atoms with van der Waals surface area (Å²) in [6.45, 7) is 1.66. The summed E-state index contributed by atoms with van der Waals surface area (Å²) in [5.41, 5.74) is 0.818. The van der Waals surface area contributed by atoms with Crippen LogP contribution in [0.5, 0.6) is 5.75 Å². The Kier molecular flexibility index (Phi) is 2.97. The Balaban J connectivity index is 2.21. The summed E-state index contributed by atoms with van der Waals surface area (Å²) >= 11 is 5.90. The third-order valence-corrected chi connectivity index (χ3v) is 2.32. The van der Waals surface area contributed by atoms with E-state index >= 15 is 0 Å². The third-order valence-electron chi connectivity index (χ3n) is 2.09. The first kappa shape index (κ1) is 10.1. The molecule has 0 spiro atoms. The number of anilines is 1. The molecule has 0 radical (unpaired) electrons. The van der Waals surface area contributed by atoms with E-state index in [1.54, 1.807) is 13.2 Å². The molecule has 0 unspecified atom stereocenters. The predicted molar refractivity (Wildman–Crippen MR) is 61.9 cm³/mol. The number of rotatable bonds is 2. The van der Waals surface area contributed by atoms with Crippen molar-refractivity contribution < 1.29 is 4.74 Å². The number of benzene rings is 1. The minimum absolute atomic E-state index is 0.664. The van der Waals surface area contributed by atoms with E-state index in [2.05, 4.69) is 15.6 Å². The minimum atomic E-state index is 0.664. The molecule has 0 aliphatic carbocycles. The Labute approximate surface area is 93.3 Å². The minimum Gasteiger partial charge on any atom is -0.495 e. The van der Waals surface area contributed by atoms with Crippen LogP contribution in [0.1, 0.15) is 0 Å². The maximum atomic E-state index is 5.90. The fourth-order valence-corrected chi connectivity index (χ4v) is 1.56. The number of hydrogen-bond donors (Lipinski definition) is 2. The van der Waals surface area contributed by atoms with Crippen molar-refractivity contribution >= 4 is 23.2 Å². The highest BCUT2D eigenvalue weighted by Crippen LogP contribution is 2.27. The van der Waals surface area contributed by atoms with E-state index in [0.717, 1.165) is 30.5 Å². The van der Waals surface area contributed by atoms with Crippen LogP contribution in [-0.4, -0.2) is 26.2 Å². The monoisotopic (exact) mass is 225 g/mol. The molecular weight excluding hydrogens is 214 g/mol. The van der Waals surface area contributed by atoms with Gasteiger partial charge in [0.05, 0.1) is 19.3 Å². The first-order valence-electron chi connectivity index (χ1n) is 4.68. The van der Waals surface area contributed by atoms with Gasteiger partial charge in [0.1, 0.15) is 5.75 Å². The van der Waals surface area contributed by atoms with Crippen LogP contribution in [0.25, 0.3) is 0 Å². The number of guanidine groups is 1. The first-order valence-corrected chi connectivity index (χ1v) is 5.06. The molecule has 4 nitrogen and oxygen atoms in total. The molecule has 1 aliphatic heterocycles. The third kappa shape index (κ3) is 2.33. The van der Waals surface area contributed by atoms with E-state index in [1.807, 2.05) is 12.1 Å². The summed E-state index contributed by atoms with van der Waals surface area (Å²) in [5, 5.41) is 6.91. The van der Waals surface area contributed by atoms with Crippen LogP contribution in [-0.2, 0) is 0 Å². The Morgan fingerprint density at radius 1 is 1.53 bits per heavy atom. The van der Waals surface area contributed by atoms with Crippen molar-refractivity contribution in [2.24, 2.45) is 4.99 Å². The van der Waals surface area contributed by atoms with E-state index in [-0.39, 0.29) is 0 Å². The predicted octanol–water partition coefficient (Wildman–Crippen LogP) is 1.72. The second kappa shape index (κ2) is 4.40. The molecule has 1 aliphatic rings. The van der Waals surface area contributed by atoms with Gasteiger partial charge < -0.3 is 15.4 Å². The summed E-state index contributed by atoms with van der Waals surface area (Å²) in [4.78, 5) is 4.23. The van der Waals surface area contributed by atoms with Crippen molar-refractivity contribution in [1.82, 2.24) is 5.32 Å². The summed E-state index contributed by atoms with van der Waals surface area (Å²) in [6, 6.07) is 5.42. The Morgan fingerprint density at radius 2 is 2.40 bits per heavy atom. The number of nitrogens with zero attached hydrogens (tertiary/aromatic N) is 1. The lowest BCUT2D eigenvalue weighted by atomic mass is 10.3. The second-order valence-corrected chi connectivity index (χ2v) is 3.56. The topological polar surface area (TPSA) is 45.6 Å². The van der Waals surface area contributed by atoms with E-state index in [9.17, 15) is 0 Å². The molecule has 0 saturated heterocycles. The molecule has 0 aromatic heterocycles. The molecule has 1 heterocycles. The van der Waals surface area contributed by atoms with E-state index < -0.39 is 0 Å². The average molecular weight is 226 g/mol. The molecule has 1 aromatic rings. The summed E-state index contributed by atoms with van der Waals surface area (Å²) in [7, 11) is 1.62. The van der Waals surface area contributed by atoms with Crippen LogP contribution in [0.15, 0.2) is 23.2 Å². The van der Waals surface area contributed by atoms with Gasteiger partial charge in [-0.25, -0.2) is 0 Å². The SMILES string of the molecule is COc1ccc(Cl)cc1NC1=NCCN1. The van der Waals surface area contributed by atoms with Crippen LogP contribution in [0.2, 0.25) is 5.02 Å². The highest BCUT2D eigenvalue weighted by Gasteiger charge is 2.09. The van der Waals surface area contributed by atoms with Gasteiger partial charge in [-0.2, -0.15) is 0 Å². The summed E-state index contributed by atoms with van der Waals surface area (Å²) in [5.74, 6) is 1.51. The van der Waals surface area contributed by atoms with Gasteiger partial charge in [0.25, 0.3) is 0 Å². The highest BCUT2D eigenvalue weighted by molar-refractivity contribution is 6.31. The van der Waals surface area contributed by atoms with Crippen LogP contribution < -0.4 is 15.4 Å². The normalized spacial score (nSPS) is 14.4. The molecule has 0 saturated carbocycles. The standard InChI is InChI=1S/C10H12ClN3O/c1-15-9-3-2-7(11)6-8(9)14-10-12-4-5-13-10/h2-3,6H,4-5H2,1H3,(H2,12,13,14). The van der Waals surface area contributed by atoms with E-state index in [4.69, 9.17) is 16.3 Å². The van der Waals surface area contributed by atoms with Gasteiger partial charge in [0, 0.05) is 11.6 Å². The first-order chi connectivity index (χ1) is 7.29. The van der Waals surface area contributed by atoms with E-state index in [1.165, 1.54) is 0 Å². The lowest BCUT2D eigenvalue weighted by Crippen LogP contribution is -2.26. The fourth-order valence-electron chi connectivity index (χ4n) is 1.39. The molecule has 0 bridgehead atoms. The molecule has 2 rings (SSSR count). The Hall–Kier alpha value is -1.42. The lowest BCUT2D eigenvalue weighted by Gasteiger charge is -2.11. The quantitative estimate of drug-likeness (QED) is 0.806. The molecule has 80 valence electrons. The van der Waals surface area contributed by atoms with Crippen LogP contribution in [0.4, 0.5) is 5.69 Å². The molecule has 5 heteroatoms. The zero-order chi connectivity index (χ0) is 10.7. The van der Waals surface area contributed by atoms with Gasteiger partial charge in [-0.15, -0.1) is 0 Å². The zero-order valence-corrected chi connectivity index (χ0v) is 9.14. The Bertz CT molecular complexity index is 392. The lowest BCUT2D eigenvalue weighted by molar-refractivity contribution is 0.417. The molecule has 15 heavy (non-hydrogen) atoms. The van der Waals surface area contributed by atoms with Crippen molar-refractivity contribution in [1.29, 1.82) is 0 Å². The number of nitrogens with one attached hydrogen (secondary N) is 2. The molecule has 2 N–H and O–H groups in total. The van der Waals surface area contributed by atoms with Crippen molar-refractivity contribution in [2.45, 2.75) is 0 Å². The van der Waals surface area contributed by atoms with Gasteiger partial charge in [0.15, 0.2) is 5.96 Å². The molecule has 1 aromatic carbocycles. The molecule has 0 atom stereocenters. The number of aliphatic imine (C=N–C) groups is 1. The zero-order valence-electron chi connectivity index (χ0n) is 8.38. The fraction of sp³-hybridized carbons (Fsp3) is 0.300. The molecule has 0 amide bonds. The van der Waals surface area contributed by atoms with Gasteiger partial charge >= 0.3 is 0 Å². The van der Waals surface area contributed by atoms with Gasteiger partial charge in [0.2, 0.25) is 0 Å². The summed E-state index contributed by atoms with van der Waals surface area (Å²) in [6.07, 6.45) is 0. The van der Waals surface area contributed by atoms with Gasteiger partial charge in [-0.05, 0) is 18.2 Å². The largest absolute Gasteiger partial charge is 0.495 e. The number of halogens is 1. The summed E-state index contributed by atoms with van der Waals surface area (Å²) < 4.78 is 5.21. The van der Waals surface area contributed by atoms with Gasteiger partial charge in [-0.3, -0.25) is 4.99 Å². The van der Waals surface area contributed by atoms with Crippen LogP contribution in [0, 0.1) is 0 Å². The molecular formula is C10H12ClN3O. The van der Waals surface area contributed by atoms with Crippen molar-refractivity contribution in [3.05, 3.63) is 23.2 Å². The number of ether oxygens (including phenoxy) is 1. The van der Waals surface area contributed by atoms with E-state index in [0.29, 0.717) is 5.02 Å². The second-order valence-electron chi connectivity index (χ2n) is 3.13. The number of methoxy groups -OCH3 is 1. The van der Waals surface area contributed by atoms with Crippen LogP contribution in [0.3, 0.4) is 0 Å². The maximum Gasteiger partial charge on any atom is 0.196 e. The smallest absolute Gasteiger partial charge is 0.196 e. The van der Waals surface area contributed by atoms with Crippen molar-refractivity contribution in [2.75, 3.05) is 25.5 Å². The molecule has 0 fully saturated rings. The average Bonchev–Trinajstić information content (AvgIpc) is 2.71. The van der Waals surface area contributed by atoms with Crippen LogP contribution >= 0.6 is 11.6 Å². The number of hydrogen-bond acceptors (Lipinski definition) is 4. The Morgan fingerprint density at radius 3 is 3.07 bits per heavy atom. The van der Waals surface area contributed by atoms with Crippen molar-refractivity contribution in [3.63, 3.8) is 0 Å². The van der Waals surface area contributed by atoms with Crippen molar-refractivity contribution in [3.8, 4) is 5.75 Å². The maximum absolute atomic E-state index is 5.90. The highest BCUT2D eigenvalue weighted by atomic mass is 35.5.